The van der Waals surface area contributed by atoms with E-state index in [-0.39, 0.29) is 19.1 Å². The van der Waals surface area contributed by atoms with E-state index in [1.54, 1.807) is 0 Å². The van der Waals surface area contributed by atoms with Crippen LogP contribution in [0.15, 0.2) is 0 Å². The number of carbonyl (C=O) groups is 1. The van der Waals surface area contributed by atoms with Crippen molar-refractivity contribution in [3.8, 4) is 0 Å². The minimum atomic E-state index is -1.18. The lowest BCUT2D eigenvalue weighted by molar-refractivity contribution is -0.164. The Morgan fingerprint density at radius 1 is 1.50 bits per heavy atom. The fraction of sp³-hybridized carbons (Fsp3) is 0.875. The van der Waals surface area contributed by atoms with Gasteiger partial charge in [-0.3, -0.25) is 4.79 Å². The van der Waals surface area contributed by atoms with Gasteiger partial charge in [0, 0.05) is 6.92 Å². The molecule has 82 valence electrons. The Morgan fingerprint density at radius 2 is 2.14 bits per heavy atom. The van der Waals surface area contributed by atoms with E-state index in [0.29, 0.717) is 0 Å². The van der Waals surface area contributed by atoms with Crippen molar-refractivity contribution in [2.24, 2.45) is 0 Å². The van der Waals surface area contributed by atoms with Gasteiger partial charge in [-0.25, -0.2) is 0 Å². The molecular weight excluding hydrogens is 190 g/mol. The van der Waals surface area contributed by atoms with Crippen molar-refractivity contribution < 1.29 is 24.9 Å². The first-order chi connectivity index (χ1) is 6.56. The average molecular weight is 205 g/mol. The molecule has 0 bridgehead atoms. The number of amides is 1. The summed E-state index contributed by atoms with van der Waals surface area (Å²) < 4.78 is 5.05. The predicted octanol–water partition coefficient (Wildman–Crippen LogP) is -2.40. The van der Waals surface area contributed by atoms with Gasteiger partial charge in [-0.15, -0.1) is 0 Å². The van der Waals surface area contributed by atoms with Crippen LogP contribution < -0.4 is 5.32 Å². The molecule has 1 rings (SSSR count). The van der Waals surface area contributed by atoms with Gasteiger partial charge in [0.05, 0.1) is 19.3 Å². The summed E-state index contributed by atoms with van der Waals surface area (Å²) in [7, 11) is 0. The van der Waals surface area contributed by atoms with Crippen LogP contribution >= 0.6 is 0 Å². The highest BCUT2D eigenvalue weighted by Gasteiger charge is 2.38. The Balaban J connectivity index is 2.54. The quantitative estimate of drug-likeness (QED) is 0.403. The van der Waals surface area contributed by atoms with E-state index >= 15 is 0 Å². The van der Waals surface area contributed by atoms with Crippen LogP contribution in [0.3, 0.4) is 0 Å². The maximum atomic E-state index is 10.7. The number of rotatable bonds is 2. The smallest absolute Gasteiger partial charge is 0.217 e. The Kier molecular flexibility index (Phi) is 3.82. The number of carbonyl (C=O) groups excluding carboxylic acids is 1. The van der Waals surface area contributed by atoms with Gasteiger partial charge in [-0.2, -0.15) is 0 Å². The standard InChI is InChI=1S/C8H15NO5/c1-4(11)9-5-3-14-6(2-10)8(13)7(5)12/h5-8,10,12-13H,2-3H2,1H3,(H,9,11)/t5?,6-,7?,8?/m0/s1. The number of ether oxygens (including phenoxy) is 1. The Labute approximate surface area is 81.5 Å². The molecule has 1 amide bonds. The molecule has 1 aliphatic rings. The molecule has 0 aromatic carbocycles. The number of hydrogen-bond acceptors (Lipinski definition) is 5. The maximum Gasteiger partial charge on any atom is 0.217 e. The number of hydrogen-bond donors (Lipinski definition) is 4. The largest absolute Gasteiger partial charge is 0.394 e. The second kappa shape index (κ2) is 4.70. The second-order valence-corrected chi connectivity index (χ2v) is 3.34. The van der Waals surface area contributed by atoms with Crippen molar-refractivity contribution in [3.63, 3.8) is 0 Å². The molecule has 1 heterocycles. The molecule has 4 atom stereocenters. The molecule has 1 fully saturated rings. The molecule has 14 heavy (non-hydrogen) atoms. The van der Waals surface area contributed by atoms with Crippen LogP contribution in [-0.4, -0.2) is 58.8 Å². The molecule has 0 saturated carbocycles. The number of nitrogens with one attached hydrogen (secondary N) is 1. The van der Waals surface area contributed by atoms with Gasteiger partial charge in [0.25, 0.3) is 0 Å². The SMILES string of the molecule is CC(=O)NC1CO[C@@H](CO)C(O)C1O. The van der Waals surface area contributed by atoms with E-state index in [9.17, 15) is 15.0 Å². The topological polar surface area (TPSA) is 99.0 Å². The molecule has 3 unspecified atom stereocenters. The number of aliphatic hydroxyl groups is 3. The van der Waals surface area contributed by atoms with Gasteiger partial charge in [-0.1, -0.05) is 0 Å². The first-order valence-corrected chi connectivity index (χ1v) is 4.42. The summed E-state index contributed by atoms with van der Waals surface area (Å²) in [5.41, 5.74) is 0. The summed E-state index contributed by atoms with van der Waals surface area (Å²) >= 11 is 0. The summed E-state index contributed by atoms with van der Waals surface area (Å²) in [6.07, 6.45) is -3.06. The van der Waals surface area contributed by atoms with Crippen LogP contribution in [0.25, 0.3) is 0 Å². The first-order valence-electron chi connectivity index (χ1n) is 4.42. The van der Waals surface area contributed by atoms with Crippen LogP contribution in [0, 0.1) is 0 Å². The Morgan fingerprint density at radius 3 is 2.64 bits per heavy atom. The minimum Gasteiger partial charge on any atom is -0.394 e. The summed E-state index contributed by atoms with van der Waals surface area (Å²) in [6.45, 7) is 1.05. The lowest BCUT2D eigenvalue weighted by Gasteiger charge is -2.36. The summed E-state index contributed by atoms with van der Waals surface area (Å²) in [4.78, 5) is 10.7. The third kappa shape index (κ3) is 2.42. The van der Waals surface area contributed by atoms with Crippen LogP contribution in [0.2, 0.25) is 0 Å². The van der Waals surface area contributed by atoms with Gasteiger partial charge in [0.15, 0.2) is 0 Å². The van der Waals surface area contributed by atoms with Crippen LogP contribution in [-0.2, 0) is 9.53 Å². The van der Waals surface area contributed by atoms with E-state index in [2.05, 4.69) is 5.32 Å². The van der Waals surface area contributed by atoms with E-state index in [0.717, 1.165) is 0 Å². The molecule has 1 aliphatic heterocycles. The lowest BCUT2D eigenvalue weighted by atomic mass is 9.98. The third-order valence-corrected chi connectivity index (χ3v) is 2.20. The molecule has 6 heteroatoms. The predicted molar refractivity (Wildman–Crippen MR) is 46.4 cm³/mol. The van der Waals surface area contributed by atoms with Crippen molar-refractivity contribution in [2.45, 2.75) is 31.3 Å². The van der Waals surface area contributed by atoms with E-state index in [4.69, 9.17) is 9.84 Å². The summed E-state index contributed by atoms with van der Waals surface area (Å²) in [5.74, 6) is -0.299. The van der Waals surface area contributed by atoms with Crippen molar-refractivity contribution in [1.29, 1.82) is 0 Å². The lowest BCUT2D eigenvalue weighted by Crippen LogP contribution is -2.59. The number of aliphatic hydroxyl groups excluding tert-OH is 3. The molecule has 1 saturated heterocycles. The molecule has 0 spiro atoms. The van der Waals surface area contributed by atoms with Gasteiger partial charge < -0.3 is 25.4 Å². The van der Waals surface area contributed by atoms with Crippen molar-refractivity contribution >= 4 is 5.91 Å². The maximum absolute atomic E-state index is 10.7. The molecule has 6 nitrogen and oxygen atoms in total. The average Bonchev–Trinajstić information content (AvgIpc) is 2.13. The monoisotopic (exact) mass is 205 g/mol. The summed E-state index contributed by atoms with van der Waals surface area (Å²) in [6, 6.07) is -0.620. The van der Waals surface area contributed by atoms with E-state index in [1.165, 1.54) is 6.92 Å². The molecule has 0 aliphatic carbocycles. The zero-order valence-electron chi connectivity index (χ0n) is 7.88. The van der Waals surface area contributed by atoms with Crippen molar-refractivity contribution in [1.82, 2.24) is 5.32 Å². The molecule has 0 aromatic heterocycles. The van der Waals surface area contributed by atoms with Crippen LogP contribution in [0.4, 0.5) is 0 Å². The highest BCUT2D eigenvalue weighted by molar-refractivity contribution is 5.73. The fourth-order valence-electron chi connectivity index (χ4n) is 1.43. The molecule has 0 aromatic rings. The van der Waals surface area contributed by atoms with E-state index < -0.39 is 24.4 Å². The zero-order valence-corrected chi connectivity index (χ0v) is 7.88. The highest BCUT2D eigenvalue weighted by atomic mass is 16.5. The molecule has 0 radical (unpaired) electrons. The zero-order chi connectivity index (χ0) is 10.7. The minimum absolute atomic E-state index is 0.0863. The third-order valence-electron chi connectivity index (χ3n) is 2.20. The van der Waals surface area contributed by atoms with Gasteiger partial charge in [0.1, 0.15) is 18.3 Å². The van der Waals surface area contributed by atoms with Crippen molar-refractivity contribution in [3.05, 3.63) is 0 Å². The van der Waals surface area contributed by atoms with Crippen LogP contribution in [0.1, 0.15) is 6.92 Å². The fourth-order valence-corrected chi connectivity index (χ4v) is 1.43. The van der Waals surface area contributed by atoms with Gasteiger partial charge in [0.2, 0.25) is 5.91 Å². The van der Waals surface area contributed by atoms with E-state index in [1.807, 2.05) is 0 Å². The Hall–Kier alpha value is -0.690. The van der Waals surface area contributed by atoms with Gasteiger partial charge >= 0.3 is 0 Å². The van der Waals surface area contributed by atoms with Crippen molar-refractivity contribution in [2.75, 3.05) is 13.2 Å². The van der Waals surface area contributed by atoms with Crippen LogP contribution in [0.5, 0.6) is 0 Å². The second-order valence-electron chi connectivity index (χ2n) is 3.34. The molecular formula is C8H15NO5. The highest BCUT2D eigenvalue weighted by Crippen LogP contribution is 2.14. The Bertz CT molecular complexity index is 210. The molecule has 4 N–H and O–H groups in total. The first kappa shape index (κ1) is 11.4. The van der Waals surface area contributed by atoms with Gasteiger partial charge in [-0.05, 0) is 0 Å². The normalized spacial score (nSPS) is 38.0. The summed E-state index contributed by atoms with van der Waals surface area (Å²) in [5, 5.41) is 30.2.